The predicted octanol–water partition coefficient (Wildman–Crippen LogP) is 5.05. The molecule has 2 saturated carbocycles. The Morgan fingerprint density at radius 3 is 2.65 bits per heavy atom. The molecule has 4 nitrogen and oxygen atoms in total. The summed E-state index contributed by atoms with van der Waals surface area (Å²) < 4.78 is 6.03. The molecule has 0 bridgehead atoms. The quantitative estimate of drug-likeness (QED) is 0.595. The van der Waals surface area contributed by atoms with Crippen LogP contribution in [0.4, 0.5) is 0 Å². The highest BCUT2D eigenvalue weighted by Crippen LogP contribution is 2.45. The van der Waals surface area contributed by atoms with Crippen LogP contribution in [0, 0.1) is 5.92 Å². The first-order chi connectivity index (χ1) is 14.7. The van der Waals surface area contributed by atoms with E-state index in [-0.39, 0.29) is 6.61 Å². The van der Waals surface area contributed by atoms with Gasteiger partial charge in [0.2, 0.25) is 0 Å². The normalized spacial score (nSPS) is 30.1. The molecule has 0 spiro atoms. The fourth-order valence-corrected chi connectivity index (χ4v) is 4.93. The first-order valence-corrected chi connectivity index (χ1v) is 11.6. The zero-order valence-corrected chi connectivity index (χ0v) is 19.2. The molecule has 31 heavy (non-hydrogen) atoms. The molecule has 2 aliphatic rings. The smallest absolute Gasteiger partial charge is 0.122 e. The molecule has 0 unspecified atom stereocenters. The molecule has 3 N–H and O–H groups in total. The van der Waals surface area contributed by atoms with Crippen molar-refractivity contribution >= 4 is 0 Å². The molecule has 0 radical (unpaired) electrons. The van der Waals surface area contributed by atoms with Crippen molar-refractivity contribution in [2.45, 2.75) is 83.0 Å². The Balaban J connectivity index is 1.85. The molecule has 0 heterocycles. The minimum Gasteiger partial charge on any atom is -0.490 e. The standard InChI is InChI=1S/C27H38O4/c1-5-22-19(13-14-20-15-21(28)16-25(29)18(20)2)9-8-11-23(22)24-10-6-7-12-26(24)31-17-27(3,4)30/h6-7,10,12-14,21-23,25,28-30H,2,5,8-9,11,15-17H2,1,3-4H3/b19-13+,20-14-/t21-,22+,23+,25+/m1/s1. The second-order valence-electron chi connectivity index (χ2n) is 9.72. The Morgan fingerprint density at radius 2 is 1.94 bits per heavy atom. The third kappa shape index (κ3) is 6.09. The van der Waals surface area contributed by atoms with Gasteiger partial charge >= 0.3 is 0 Å². The second kappa shape index (κ2) is 10.2. The molecule has 170 valence electrons. The van der Waals surface area contributed by atoms with E-state index in [0.29, 0.717) is 24.7 Å². The Morgan fingerprint density at radius 1 is 1.19 bits per heavy atom. The summed E-state index contributed by atoms with van der Waals surface area (Å²) in [6, 6.07) is 8.21. The highest BCUT2D eigenvalue weighted by atomic mass is 16.5. The van der Waals surface area contributed by atoms with E-state index in [1.54, 1.807) is 13.8 Å². The minimum atomic E-state index is -0.876. The number of rotatable bonds is 6. The molecule has 3 rings (SSSR count). The Kier molecular flexibility index (Phi) is 7.79. The maximum absolute atomic E-state index is 10.1. The molecule has 0 aliphatic heterocycles. The molecule has 0 aromatic heterocycles. The number of ether oxygens (including phenoxy) is 1. The van der Waals surface area contributed by atoms with Crippen LogP contribution in [0.25, 0.3) is 0 Å². The molecular formula is C27H38O4. The van der Waals surface area contributed by atoms with Crippen LogP contribution < -0.4 is 4.74 Å². The second-order valence-corrected chi connectivity index (χ2v) is 9.72. The van der Waals surface area contributed by atoms with E-state index >= 15 is 0 Å². The average molecular weight is 427 g/mol. The van der Waals surface area contributed by atoms with Crippen LogP contribution in [-0.4, -0.2) is 39.7 Å². The maximum atomic E-state index is 10.1. The number of aliphatic hydroxyl groups excluding tert-OH is 2. The fraction of sp³-hybridized carbons (Fsp3) is 0.556. The summed E-state index contributed by atoms with van der Waals surface area (Å²) in [6.45, 7) is 10.0. The summed E-state index contributed by atoms with van der Waals surface area (Å²) in [7, 11) is 0. The van der Waals surface area contributed by atoms with Crippen molar-refractivity contribution in [1.29, 1.82) is 0 Å². The molecule has 2 aliphatic carbocycles. The van der Waals surface area contributed by atoms with E-state index in [0.717, 1.165) is 42.6 Å². The average Bonchev–Trinajstić information content (AvgIpc) is 2.73. The SMILES string of the molecule is C=C1/C(=C\C=C2/CCC[C@H](c3ccccc3OCC(C)(C)O)[C@H]2CC)C[C@@H](O)C[C@@H]1O. The van der Waals surface area contributed by atoms with Gasteiger partial charge in [-0.2, -0.15) is 0 Å². The Bertz CT molecular complexity index is 830. The number of hydrogen-bond donors (Lipinski definition) is 3. The highest BCUT2D eigenvalue weighted by molar-refractivity contribution is 5.41. The summed E-state index contributed by atoms with van der Waals surface area (Å²) in [5.41, 5.74) is 3.42. The zero-order valence-electron chi connectivity index (χ0n) is 19.2. The van der Waals surface area contributed by atoms with E-state index in [2.05, 4.69) is 37.8 Å². The molecule has 4 atom stereocenters. The van der Waals surface area contributed by atoms with Crippen LogP contribution in [-0.2, 0) is 0 Å². The van der Waals surface area contributed by atoms with Crippen LogP contribution in [0.2, 0.25) is 0 Å². The molecule has 1 aromatic carbocycles. The van der Waals surface area contributed by atoms with Gasteiger partial charge in [-0.3, -0.25) is 0 Å². The van der Waals surface area contributed by atoms with E-state index in [1.165, 1.54) is 11.1 Å². The Hall–Kier alpha value is -1.88. The van der Waals surface area contributed by atoms with Gasteiger partial charge in [0.1, 0.15) is 12.4 Å². The van der Waals surface area contributed by atoms with E-state index < -0.39 is 17.8 Å². The van der Waals surface area contributed by atoms with Crippen LogP contribution in [0.5, 0.6) is 5.75 Å². The van der Waals surface area contributed by atoms with Gasteiger partial charge in [0.15, 0.2) is 0 Å². The topological polar surface area (TPSA) is 69.9 Å². The lowest BCUT2D eigenvalue weighted by atomic mass is 9.71. The van der Waals surface area contributed by atoms with Gasteiger partial charge in [-0.25, -0.2) is 0 Å². The van der Waals surface area contributed by atoms with Crippen molar-refractivity contribution in [3.63, 3.8) is 0 Å². The minimum absolute atomic E-state index is 0.259. The van der Waals surface area contributed by atoms with Gasteiger partial charge in [-0.15, -0.1) is 0 Å². The lowest BCUT2D eigenvalue weighted by Crippen LogP contribution is -2.28. The predicted molar refractivity (Wildman–Crippen MR) is 125 cm³/mol. The highest BCUT2D eigenvalue weighted by Gasteiger charge is 2.31. The number of allylic oxidation sites excluding steroid dienone is 3. The van der Waals surface area contributed by atoms with Gasteiger partial charge in [0.05, 0.1) is 17.8 Å². The van der Waals surface area contributed by atoms with Gasteiger partial charge in [0, 0.05) is 6.42 Å². The number of para-hydroxylation sites is 1. The first kappa shape index (κ1) is 23.8. The zero-order chi connectivity index (χ0) is 22.6. The van der Waals surface area contributed by atoms with Crippen molar-refractivity contribution in [3.05, 3.63) is 65.3 Å². The molecule has 1 aromatic rings. The van der Waals surface area contributed by atoms with Gasteiger partial charge in [0.25, 0.3) is 0 Å². The van der Waals surface area contributed by atoms with E-state index in [1.807, 2.05) is 12.1 Å². The molecular weight excluding hydrogens is 388 g/mol. The third-order valence-electron chi connectivity index (χ3n) is 6.55. The molecule has 0 saturated heterocycles. The van der Waals surface area contributed by atoms with Crippen molar-refractivity contribution in [3.8, 4) is 5.75 Å². The monoisotopic (exact) mass is 426 g/mol. The third-order valence-corrected chi connectivity index (χ3v) is 6.55. The number of aliphatic hydroxyl groups is 3. The molecule has 0 amide bonds. The summed E-state index contributed by atoms with van der Waals surface area (Å²) in [5, 5.41) is 30.3. The summed E-state index contributed by atoms with van der Waals surface area (Å²) >= 11 is 0. The van der Waals surface area contributed by atoms with Crippen molar-refractivity contribution < 1.29 is 20.1 Å². The largest absolute Gasteiger partial charge is 0.490 e. The summed E-state index contributed by atoms with van der Waals surface area (Å²) in [6.07, 6.45) is 8.33. The Labute approximate surface area is 187 Å². The van der Waals surface area contributed by atoms with Gasteiger partial charge < -0.3 is 20.1 Å². The van der Waals surface area contributed by atoms with Crippen molar-refractivity contribution in [2.75, 3.05) is 6.61 Å². The van der Waals surface area contributed by atoms with Gasteiger partial charge in [-0.1, -0.05) is 49.4 Å². The number of benzene rings is 1. The number of hydrogen-bond acceptors (Lipinski definition) is 4. The lowest BCUT2D eigenvalue weighted by molar-refractivity contribution is 0.0279. The van der Waals surface area contributed by atoms with E-state index in [4.69, 9.17) is 4.74 Å². The van der Waals surface area contributed by atoms with Crippen LogP contribution in [0.3, 0.4) is 0 Å². The maximum Gasteiger partial charge on any atom is 0.122 e. The summed E-state index contributed by atoms with van der Waals surface area (Å²) in [4.78, 5) is 0. The fourth-order valence-electron chi connectivity index (χ4n) is 4.93. The first-order valence-electron chi connectivity index (χ1n) is 11.6. The summed E-state index contributed by atoms with van der Waals surface area (Å²) in [5.74, 6) is 1.64. The van der Waals surface area contributed by atoms with Crippen molar-refractivity contribution in [1.82, 2.24) is 0 Å². The molecule has 4 heteroatoms. The lowest BCUT2D eigenvalue weighted by Gasteiger charge is -2.35. The van der Waals surface area contributed by atoms with Crippen LogP contribution >= 0.6 is 0 Å². The van der Waals surface area contributed by atoms with Crippen LogP contribution in [0.15, 0.2) is 59.7 Å². The van der Waals surface area contributed by atoms with E-state index in [9.17, 15) is 15.3 Å². The molecule has 2 fully saturated rings. The van der Waals surface area contributed by atoms with Crippen LogP contribution in [0.1, 0.15) is 70.8 Å². The van der Waals surface area contributed by atoms with Crippen molar-refractivity contribution in [2.24, 2.45) is 5.92 Å². The van der Waals surface area contributed by atoms with Gasteiger partial charge in [-0.05, 0) is 80.6 Å².